The van der Waals surface area contributed by atoms with Gasteiger partial charge in [0.1, 0.15) is 6.10 Å². The molecule has 0 saturated carbocycles. The summed E-state index contributed by atoms with van der Waals surface area (Å²) in [7, 11) is 3.18. The molecule has 0 aliphatic rings. The number of nitrogens with zero attached hydrogens (tertiary/aromatic N) is 2. The maximum Gasteiger partial charge on any atom is 0.231 e. The summed E-state index contributed by atoms with van der Waals surface area (Å²) in [6.45, 7) is 1.98. The summed E-state index contributed by atoms with van der Waals surface area (Å²) in [5, 5.41) is 5.63. The van der Waals surface area contributed by atoms with E-state index in [1.807, 2.05) is 6.92 Å². The van der Waals surface area contributed by atoms with Crippen LogP contribution in [0, 0.1) is 0 Å². The highest BCUT2D eigenvalue weighted by atomic mass is 32.2. The largest absolute Gasteiger partial charge is 0.480 e. The first-order valence-corrected chi connectivity index (χ1v) is 5.41. The molecule has 0 fully saturated rings. The Bertz CT molecular complexity index is 294. The molecule has 0 aromatic carbocycles. The summed E-state index contributed by atoms with van der Waals surface area (Å²) in [5.74, 6) is 0.488. The van der Waals surface area contributed by atoms with Gasteiger partial charge in [0, 0.05) is 12.4 Å². The fourth-order valence-electron chi connectivity index (χ4n) is 1.20. The van der Waals surface area contributed by atoms with Crippen molar-refractivity contribution in [1.82, 2.24) is 9.97 Å². The fraction of sp³-hybridized carbons (Fsp3) is 0.556. The van der Waals surface area contributed by atoms with Gasteiger partial charge in [0.25, 0.3) is 0 Å². The first kappa shape index (κ1) is 12.2. The predicted molar refractivity (Wildman–Crippen MR) is 59.6 cm³/mol. The summed E-state index contributed by atoms with van der Waals surface area (Å²) < 4.78 is 10.2. The van der Waals surface area contributed by atoms with Crippen LogP contribution >= 0.6 is 11.9 Å². The molecule has 0 aliphatic carbocycles. The summed E-state index contributed by atoms with van der Waals surface area (Å²) in [4.78, 5) is 8.28. The average Bonchev–Trinajstić information content (AvgIpc) is 2.30. The number of methoxy groups -OCH3 is 2. The lowest BCUT2D eigenvalue weighted by atomic mass is 10.2. The molecule has 84 valence electrons. The summed E-state index contributed by atoms with van der Waals surface area (Å²) in [6, 6.07) is 0. The second kappa shape index (κ2) is 5.89. The lowest BCUT2D eigenvalue weighted by molar-refractivity contribution is 0.101. The van der Waals surface area contributed by atoms with Gasteiger partial charge in [-0.25, -0.2) is 4.98 Å². The van der Waals surface area contributed by atoms with Crippen molar-refractivity contribution in [2.45, 2.75) is 18.3 Å². The molecule has 1 heterocycles. The Morgan fingerprint density at radius 3 is 2.47 bits per heavy atom. The number of hydrogen-bond acceptors (Lipinski definition) is 6. The van der Waals surface area contributed by atoms with E-state index in [0.29, 0.717) is 5.88 Å². The molecule has 0 aliphatic heterocycles. The topological polar surface area (TPSA) is 70.3 Å². The second-order valence-corrected chi connectivity index (χ2v) is 4.00. The van der Waals surface area contributed by atoms with Gasteiger partial charge in [-0.15, -0.1) is 0 Å². The minimum atomic E-state index is -0.154. The molecule has 15 heavy (non-hydrogen) atoms. The molecule has 1 aromatic heterocycles. The van der Waals surface area contributed by atoms with Gasteiger partial charge in [0.15, 0.2) is 0 Å². The van der Waals surface area contributed by atoms with Crippen LogP contribution in [-0.4, -0.2) is 29.4 Å². The van der Waals surface area contributed by atoms with Gasteiger partial charge in [-0.3, -0.25) is 10.1 Å². The standard InChI is InChI=1S/C9H15N3O2S/c1-6(15-10)9(14-3)7-4-12-8(13-2)5-11-7/h4-6,9H,10H2,1-3H3. The number of rotatable bonds is 5. The van der Waals surface area contributed by atoms with Gasteiger partial charge in [-0.2, -0.15) is 0 Å². The van der Waals surface area contributed by atoms with E-state index >= 15 is 0 Å². The van der Waals surface area contributed by atoms with Crippen molar-refractivity contribution in [3.05, 3.63) is 18.1 Å². The van der Waals surface area contributed by atoms with Crippen molar-refractivity contribution in [1.29, 1.82) is 0 Å². The van der Waals surface area contributed by atoms with E-state index < -0.39 is 0 Å². The molecule has 1 rings (SSSR count). The van der Waals surface area contributed by atoms with Crippen LogP contribution in [0.5, 0.6) is 5.88 Å². The summed E-state index contributed by atoms with van der Waals surface area (Å²) >= 11 is 1.24. The third-order valence-electron chi connectivity index (χ3n) is 2.04. The summed E-state index contributed by atoms with van der Waals surface area (Å²) in [6.07, 6.45) is 3.05. The van der Waals surface area contributed by atoms with E-state index in [0.717, 1.165) is 5.69 Å². The van der Waals surface area contributed by atoms with Crippen LogP contribution in [0.1, 0.15) is 18.7 Å². The van der Waals surface area contributed by atoms with Crippen LogP contribution < -0.4 is 9.88 Å². The quantitative estimate of drug-likeness (QED) is 0.764. The van der Waals surface area contributed by atoms with Gasteiger partial charge < -0.3 is 9.47 Å². The van der Waals surface area contributed by atoms with Crippen molar-refractivity contribution in [2.75, 3.05) is 14.2 Å². The molecule has 0 amide bonds. The zero-order valence-electron chi connectivity index (χ0n) is 9.01. The Kier molecular flexibility index (Phi) is 4.80. The van der Waals surface area contributed by atoms with Crippen molar-refractivity contribution in [3.8, 4) is 5.88 Å². The second-order valence-electron chi connectivity index (χ2n) is 2.98. The van der Waals surface area contributed by atoms with Crippen LogP contribution in [0.15, 0.2) is 12.4 Å². The Labute approximate surface area is 93.5 Å². The molecule has 5 nitrogen and oxygen atoms in total. The number of ether oxygens (including phenoxy) is 2. The van der Waals surface area contributed by atoms with Gasteiger partial charge in [0.05, 0.1) is 25.2 Å². The highest BCUT2D eigenvalue weighted by Crippen LogP contribution is 2.24. The lowest BCUT2D eigenvalue weighted by Gasteiger charge is -2.19. The Balaban J connectivity index is 2.83. The SMILES string of the molecule is COc1cnc(C(OC)C(C)SN)cn1. The molecule has 6 heteroatoms. The Hall–Kier alpha value is -0.850. The summed E-state index contributed by atoms with van der Waals surface area (Å²) in [5.41, 5.74) is 0.753. The van der Waals surface area contributed by atoms with Gasteiger partial charge in [-0.05, 0) is 6.92 Å². The highest BCUT2D eigenvalue weighted by Gasteiger charge is 2.20. The van der Waals surface area contributed by atoms with Crippen molar-refractivity contribution >= 4 is 11.9 Å². The van der Waals surface area contributed by atoms with E-state index in [1.165, 1.54) is 11.9 Å². The van der Waals surface area contributed by atoms with E-state index in [-0.39, 0.29) is 11.4 Å². The number of aromatic nitrogens is 2. The monoisotopic (exact) mass is 229 g/mol. The average molecular weight is 229 g/mol. The molecule has 2 atom stereocenters. The normalized spacial score (nSPS) is 14.7. The highest BCUT2D eigenvalue weighted by molar-refractivity contribution is 7.97. The maximum absolute atomic E-state index is 5.51. The molecule has 0 saturated heterocycles. The molecular formula is C9H15N3O2S. The Morgan fingerprint density at radius 2 is 2.07 bits per heavy atom. The molecule has 2 unspecified atom stereocenters. The van der Waals surface area contributed by atoms with E-state index in [2.05, 4.69) is 9.97 Å². The molecule has 0 radical (unpaired) electrons. The van der Waals surface area contributed by atoms with Crippen LogP contribution in [0.3, 0.4) is 0 Å². The molecule has 2 N–H and O–H groups in total. The maximum atomic E-state index is 5.51. The molecule has 0 bridgehead atoms. The fourth-order valence-corrected chi connectivity index (χ4v) is 1.60. The Morgan fingerprint density at radius 1 is 1.33 bits per heavy atom. The van der Waals surface area contributed by atoms with Gasteiger partial charge in [-0.1, -0.05) is 11.9 Å². The van der Waals surface area contributed by atoms with E-state index in [9.17, 15) is 0 Å². The smallest absolute Gasteiger partial charge is 0.231 e. The van der Waals surface area contributed by atoms with E-state index in [1.54, 1.807) is 26.6 Å². The molecule has 1 aromatic rings. The van der Waals surface area contributed by atoms with Crippen molar-refractivity contribution < 1.29 is 9.47 Å². The van der Waals surface area contributed by atoms with Crippen molar-refractivity contribution in [3.63, 3.8) is 0 Å². The minimum absolute atomic E-state index is 0.123. The van der Waals surface area contributed by atoms with E-state index in [4.69, 9.17) is 14.6 Å². The van der Waals surface area contributed by atoms with Gasteiger partial charge >= 0.3 is 0 Å². The van der Waals surface area contributed by atoms with Crippen molar-refractivity contribution in [2.24, 2.45) is 5.14 Å². The third-order valence-corrected chi connectivity index (χ3v) is 2.72. The van der Waals surface area contributed by atoms with Gasteiger partial charge in [0.2, 0.25) is 5.88 Å². The number of hydrogen-bond donors (Lipinski definition) is 1. The molecule has 0 spiro atoms. The minimum Gasteiger partial charge on any atom is -0.480 e. The predicted octanol–water partition coefficient (Wildman–Crippen LogP) is 1.17. The first-order valence-electron chi connectivity index (χ1n) is 4.47. The molecular weight excluding hydrogens is 214 g/mol. The van der Waals surface area contributed by atoms with Crippen LogP contribution in [0.4, 0.5) is 0 Å². The first-order chi connectivity index (χ1) is 7.22. The third kappa shape index (κ3) is 3.05. The van der Waals surface area contributed by atoms with Crippen LogP contribution in [0.2, 0.25) is 0 Å². The van der Waals surface area contributed by atoms with Crippen LogP contribution in [-0.2, 0) is 4.74 Å². The van der Waals surface area contributed by atoms with Crippen LogP contribution in [0.25, 0.3) is 0 Å². The zero-order valence-corrected chi connectivity index (χ0v) is 9.82. The lowest BCUT2D eigenvalue weighted by Crippen LogP contribution is -2.17. The number of nitrogens with two attached hydrogens (primary N) is 1. The zero-order chi connectivity index (χ0) is 11.3.